The maximum absolute atomic E-state index is 13.6. The second-order valence-corrected chi connectivity index (χ2v) is 10.5. The number of hydrogen-bond acceptors (Lipinski definition) is 8. The normalized spacial score (nSPS) is 11.7. The molecule has 0 fully saturated rings. The van der Waals surface area contributed by atoms with Gasteiger partial charge in [-0.2, -0.15) is 4.52 Å². The number of aryl methyl sites for hydroxylation is 2. The molecule has 0 atom stereocenters. The Labute approximate surface area is 212 Å². The van der Waals surface area contributed by atoms with Crippen LogP contribution in [-0.2, 0) is 9.84 Å². The molecule has 0 aliphatic carbocycles. The summed E-state index contributed by atoms with van der Waals surface area (Å²) in [7, 11) is -0.895. The zero-order chi connectivity index (χ0) is 25.6. The molecular formula is C25H22ClN5O4S. The Kier molecular flexibility index (Phi) is 5.93. The van der Waals surface area contributed by atoms with Gasteiger partial charge >= 0.3 is 0 Å². The van der Waals surface area contributed by atoms with Crippen LogP contribution in [0.2, 0.25) is 5.02 Å². The van der Waals surface area contributed by atoms with Crippen molar-refractivity contribution < 1.29 is 17.9 Å². The van der Waals surface area contributed by atoms with Crippen LogP contribution < -0.4 is 14.8 Å². The number of hydrogen-bond donors (Lipinski definition) is 1. The summed E-state index contributed by atoms with van der Waals surface area (Å²) in [5.41, 5.74) is 3.06. The Hall–Kier alpha value is -3.89. The van der Waals surface area contributed by atoms with Gasteiger partial charge in [0.1, 0.15) is 17.3 Å². The van der Waals surface area contributed by atoms with Crippen LogP contribution in [0.4, 0.5) is 11.5 Å². The van der Waals surface area contributed by atoms with Crippen molar-refractivity contribution in [1.82, 2.24) is 19.8 Å². The minimum absolute atomic E-state index is 0.0763. The largest absolute Gasteiger partial charge is 0.497 e. The number of sulfone groups is 1. The standard InChI is InChI=1S/C25H22ClN5O4S/c1-14-5-8-18(11-15(14)2)36(32,33)25-24-28-23(27-20-13-17(34-3)7-10-22(20)35-4)19-12-16(26)6-9-21(19)31(24)30-29-25/h5-13H,1-4H3,(H,27,28). The fourth-order valence-electron chi connectivity index (χ4n) is 3.87. The molecule has 184 valence electrons. The van der Waals surface area contributed by atoms with E-state index in [-0.39, 0.29) is 15.6 Å². The van der Waals surface area contributed by atoms with Gasteiger partial charge in [0.25, 0.3) is 0 Å². The topological polar surface area (TPSA) is 108 Å². The molecule has 9 nitrogen and oxygen atoms in total. The number of nitrogens with zero attached hydrogens (tertiary/aromatic N) is 4. The van der Waals surface area contributed by atoms with Crippen molar-refractivity contribution in [1.29, 1.82) is 0 Å². The van der Waals surface area contributed by atoms with Crippen molar-refractivity contribution in [2.24, 2.45) is 0 Å². The fourth-order valence-corrected chi connectivity index (χ4v) is 5.36. The van der Waals surface area contributed by atoms with Gasteiger partial charge in [-0.3, -0.25) is 0 Å². The molecule has 11 heteroatoms. The number of rotatable bonds is 6. The number of halogens is 1. The van der Waals surface area contributed by atoms with E-state index in [4.69, 9.17) is 21.1 Å². The smallest absolute Gasteiger partial charge is 0.229 e. The second kappa shape index (κ2) is 8.96. The van der Waals surface area contributed by atoms with Gasteiger partial charge in [0, 0.05) is 16.5 Å². The van der Waals surface area contributed by atoms with E-state index in [1.807, 2.05) is 13.8 Å². The molecule has 0 aliphatic heterocycles. The fraction of sp³-hybridized carbons (Fsp3) is 0.160. The lowest BCUT2D eigenvalue weighted by Gasteiger charge is -2.14. The van der Waals surface area contributed by atoms with Crippen molar-refractivity contribution in [3.8, 4) is 11.5 Å². The van der Waals surface area contributed by atoms with Crippen molar-refractivity contribution >= 4 is 49.5 Å². The molecule has 0 saturated heterocycles. The molecule has 0 unspecified atom stereocenters. The van der Waals surface area contributed by atoms with Crippen LogP contribution in [0, 0.1) is 13.8 Å². The highest BCUT2D eigenvalue weighted by molar-refractivity contribution is 7.91. The van der Waals surface area contributed by atoms with E-state index < -0.39 is 9.84 Å². The average molecular weight is 524 g/mol. The number of nitrogens with one attached hydrogen (secondary N) is 1. The van der Waals surface area contributed by atoms with E-state index in [9.17, 15) is 8.42 Å². The highest BCUT2D eigenvalue weighted by atomic mass is 35.5. The highest BCUT2D eigenvalue weighted by Gasteiger charge is 2.27. The van der Waals surface area contributed by atoms with Gasteiger partial charge in [0.05, 0.1) is 30.3 Å². The van der Waals surface area contributed by atoms with Gasteiger partial charge in [-0.25, -0.2) is 13.4 Å². The number of methoxy groups -OCH3 is 2. The number of ether oxygens (including phenoxy) is 2. The van der Waals surface area contributed by atoms with Gasteiger partial charge in [0.15, 0.2) is 5.65 Å². The molecule has 36 heavy (non-hydrogen) atoms. The van der Waals surface area contributed by atoms with E-state index in [1.54, 1.807) is 68.8 Å². The summed E-state index contributed by atoms with van der Waals surface area (Å²) in [6.07, 6.45) is 0. The summed E-state index contributed by atoms with van der Waals surface area (Å²) < 4.78 is 39.4. The van der Waals surface area contributed by atoms with E-state index in [2.05, 4.69) is 20.6 Å². The van der Waals surface area contributed by atoms with Crippen LogP contribution in [0.1, 0.15) is 11.1 Å². The van der Waals surface area contributed by atoms with Crippen molar-refractivity contribution in [3.63, 3.8) is 0 Å². The molecule has 0 spiro atoms. The first kappa shape index (κ1) is 23.8. The minimum Gasteiger partial charge on any atom is -0.497 e. The average Bonchev–Trinajstić information content (AvgIpc) is 3.30. The Balaban J connectivity index is 1.75. The van der Waals surface area contributed by atoms with Crippen LogP contribution in [0.3, 0.4) is 0 Å². The molecular weight excluding hydrogens is 502 g/mol. The summed E-state index contributed by atoms with van der Waals surface area (Å²) in [6, 6.07) is 15.4. The summed E-state index contributed by atoms with van der Waals surface area (Å²) in [5, 5.41) is 12.3. The molecule has 5 rings (SSSR count). The van der Waals surface area contributed by atoms with Crippen molar-refractivity contribution in [2.75, 3.05) is 19.5 Å². The lowest BCUT2D eigenvalue weighted by Crippen LogP contribution is -2.06. The van der Waals surface area contributed by atoms with Crippen molar-refractivity contribution in [2.45, 2.75) is 23.8 Å². The van der Waals surface area contributed by atoms with E-state index in [0.717, 1.165) is 11.1 Å². The summed E-state index contributed by atoms with van der Waals surface area (Å²) in [4.78, 5) is 4.78. The first-order valence-electron chi connectivity index (χ1n) is 10.9. The van der Waals surface area contributed by atoms with E-state index in [1.165, 1.54) is 4.52 Å². The predicted molar refractivity (Wildman–Crippen MR) is 137 cm³/mol. The van der Waals surface area contributed by atoms with Crippen molar-refractivity contribution in [3.05, 3.63) is 70.7 Å². The second-order valence-electron chi connectivity index (χ2n) is 8.19. The van der Waals surface area contributed by atoms with Gasteiger partial charge < -0.3 is 14.8 Å². The van der Waals surface area contributed by atoms with E-state index >= 15 is 0 Å². The molecule has 3 aromatic carbocycles. The van der Waals surface area contributed by atoms with Gasteiger partial charge in [-0.15, -0.1) is 5.10 Å². The third kappa shape index (κ3) is 3.98. The Bertz CT molecular complexity index is 1750. The molecule has 0 amide bonds. The lowest BCUT2D eigenvalue weighted by atomic mass is 10.1. The maximum atomic E-state index is 13.6. The number of anilines is 2. The quantitative estimate of drug-likeness (QED) is 0.326. The minimum atomic E-state index is -4.01. The molecule has 0 bridgehead atoms. The van der Waals surface area contributed by atoms with Gasteiger partial charge in [-0.05, 0) is 67.4 Å². The SMILES string of the molecule is COc1ccc(OC)c(Nc2nc3c(S(=O)(=O)c4ccc(C)c(C)c4)nnn3c3ccc(Cl)cc23)c1. The maximum Gasteiger partial charge on any atom is 0.229 e. The molecule has 0 aliphatic rings. The molecule has 0 radical (unpaired) electrons. The molecule has 2 aromatic heterocycles. The third-order valence-electron chi connectivity index (χ3n) is 5.98. The summed E-state index contributed by atoms with van der Waals surface area (Å²) >= 11 is 6.30. The highest BCUT2D eigenvalue weighted by Crippen LogP contribution is 2.35. The Morgan fingerprint density at radius 3 is 2.47 bits per heavy atom. The zero-order valence-corrected chi connectivity index (χ0v) is 21.5. The Morgan fingerprint density at radius 2 is 1.75 bits per heavy atom. The van der Waals surface area contributed by atoms with E-state index in [0.29, 0.717) is 38.9 Å². The first-order valence-corrected chi connectivity index (χ1v) is 12.7. The number of fused-ring (bicyclic) bond motifs is 3. The molecule has 0 saturated carbocycles. The lowest BCUT2D eigenvalue weighted by molar-refractivity contribution is 0.405. The number of aromatic nitrogens is 4. The summed E-state index contributed by atoms with van der Waals surface area (Å²) in [5.74, 6) is 1.50. The van der Waals surface area contributed by atoms with Crippen LogP contribution in [0.5, 0.6) is 11.5 Å². The predicted octanol–water partition coefficient (Wildman–Crippen LogP) is 5.14. The Morgan fingerprint density at radius 1 is 0.944 bits per heavy atom. The van der Waals surface area contributed by atoms with Gasteiger partial charge in [-0.1, -0.05) is 22.9 Å². The zero-order valence-electron chi connectivity index (χ0n) is 19.9. The molecule has 2 heterocycles. The summed E-state index contributed by atoms with van der Waals surface area (Å²) in [6.45, 7) is 3.78. The van der Waals surface area contributed by atoms with Crippen LogP contribution in [-0.4, -0.2) is 42.4 Å². The van der Waals surface area contributed by atoms with Crippen LogP contribution >= 0.6 is 11.6 Å². The molecule has 5 aromatic rings. The molecule has 1 N–H and O–H groups in total. The monoisotopic (exact) mass is 523 g/mol. The number of benzene rings is 3. The van der Waals surface area contributed by atoms with Crippen LogP contribution in [0.15, 0.2) is 64.5 Å². The third-order valence-corrected chi connectivity index (χ3v) is 7.86. The first-order chi connectivity index (χ1) is 17.2. The van der Waals surface area contributed by atoms with Gasteiger partial charge in [0.2, 0.25) is 14.9 Å². The van der Waals surface area contributed by atoms with Crippen LogP contribution in [0.25, 0.3) is 16.6 Å².